The lowest BCUT2D eigenvalue weighted by atomic mass is 10.1. The Labute approximate surface area is 135 Å². The summed E-state index contributed by atoms with van der Waals surface area (Å²) in [4.78, 5) is 4.46. The van der Waals surface area contributed by atoms with Crippen molar-refractivity contribution in [1.82, 2.24) is 4.98 Å². The van der Waals surface area contributed by atoms with Crippen LogP contribution in [0.3, 0.4) is 0 Å². The molecule has 0 spiro atoms. The molecule has 0 unspecified atom stereocenters. The standard InChI is InChI=1S/C17H16N3O2S/c1-12-7-8-13(11-18)10-16(12)23(21,22)20-15-6-2-4-14-5-3-9-19-17(14)15/h2-10H,11,18H2,1H3/q-1/p+1. The highest BCUT2D eigenvalue weighted by Crippen LogP contribution is 2.34. The molecule has 0 saturated heterocycles. The summed E-state index contributed by atoms with van der Waals surface area (Å²) >= 11 is 0. The molecule has 0 aliphatic rings. The van der Waals surface area contributed by atoms with Crippen LogP contribution in [0.4, 0.5) is 5.69 Å². The molecule has 1 heterocycles. The van der Waals surface area contributed by atoms with Gasteiger partial charge in [0, 0.05) is 11.8 Å². The van der Waals surface area contributed by atoms with Crippen molar-refractivity contribution in [3.05, 3.63) is 70.6 Å². The van der Waals surface area contributed by atoms with Crippen molar-refractivity contribution in [2.75, 3.05) is 0 Å². The Morgan fingerprint density at radius 2 is 1.91 bits per heavy atom. The molecule has 0 aliphatic carbocycles. The lowest BCUT2D eigenvalue weighted by Gasteiger charge is -2.24. The molecule has 23 heavy (non-hydrogen) atoms. The average molecular weight is 327 g/mol. The van der Waals surface area contributed by atoms with Gasteiger partial charge in [0.15, 0.2) is 0 Å². The SMILES string of the molecule is Cc1ccc(C[NH3+])cc1S(=O)(=O)[N-]c1cccc2cccnc12. The topological polar surface area (TPSA) is 88.8 Å². The number of sulfonamides is 1. The van der Waals surface area contributed by atoms with Crippen LogP contribution >= 0.6 is 0 Å². The summed E-state index contributed by atoms with van der Waals surface area (Å²) in [6, 6.07) is 14.3. The maximum Gasteiger partial charge on any atom is 0.123 e. The highest BCUT2D eigenvalue weighted by Gasteiger charge is 2.11. The summed E-state index contributed by atoms with van der Waals surface area (Å²) in [6.07, 6.45) is 1.63. The molecule has 6 heteroatoms. The zero-order valence-corrected chi connectivity index (χ0v) is 13.5. The van der Waals surface area contributed by atoms with E-state index in [0.717, 1.165) is 10.9 Å². The van der Waals surface area contributed by atoms with E-state index in [2.05, 4.69) is 15.4 Å². The molecule has 0 saturated carbocycles. The molecule has 0 aliphatic heterocycles. The first-order valence-electron chi connectivity index (χ1n) is 7.22. The minimum atomic E-state index is -3.81. The average Bonchev–Trinajstić information content (AvgIpc) is 2.55. The number of aryl methyl sites for hydroxylation is 1. The number of quaternary nitrogens is 1. The summed E-state index contributed by atoms with van der Waals surface area (Å²) in [6.45, 7) is 2.29. The fourth-order valence-electron chi connectivity index (χ4n) is 2.42. The van der Waals surface area contributed by atoms with Crippen molar-refractivity contribution in [3.63, 3.8) is 0 Å². The van der Waals surface area contributed by atoms with Gasteiger partial charge in [-0.15, -0.1) is 5.69 Å². The molecule has 2 aromatic carbocycles. The monoisotopic (exact) mass is 327 g/mol. The minimum absolute atomic E-state index is 0.214. The molecule has 0 atom stereocenters. The molecule has 3 rings (SSSR count). The van der Waals surface area contributed by atoms with Gasteiger partial charge < -0.3 is 10.5 Å². The van der Waals surface area contributed by atoms with E-state index < -0.39 is 10.0 Å². The largest absolute Gasteiger partial charge is 0.571 e. The lowest BCUT2D eigenvalue weighted by molar-refractivity contribution is -0.386. The third-order valence-corrected chi connectivity index (χ3v) is 5.08. The molecule has 3 N–H and O–H groups in total. The highest BCUT2D eigenvalue weighted by molar-refractivity contribution is 7.94. The van der Waals surface area contributed by atoms with Crippen LogP contribution in [0, 0.1) is 6.92 Å². The van der Waals surface area contributed by atoms with E-state index in [1.54, 1.807) is 37.4 Å². The van der Waals surface area contributed by atoms with E-state index in [4.69, 9.17) is 0 Å². The van der Waals surface area contributed by atoms with E-state index in [-0.39, 0.29) is 4.90 Å². The number of para-hydroxylation sites is 1. The van der Waals surface area contributed by atoms with E-state index in [1.807, 2.05) is 24.3 Å². The zero-order chi connectivity index (χ0) is 16.4. The van der Waals surface area contributed by atoms with Gasteiger partial charge >= 0.3 is 0 Å². The molecule has 0 radical (unpaired) electrons. The molecule has 0 amide bonds. The number of aromatic nitrogens is 1. The second kappa shape index (κ2) is 5.98. The summed E-state index contributed by atoms with van der Waals surface area (Å²) in [5, 5.41) is 0.854. The maximum atomic E-state index is 12.7. The van der Waals surface area contributed by atoms with Crippen LogP contribution in [0.2, 0.25) is 0 Å². The lowest BCUT2D eigenvalue weighted by Crippen LogP contribution is -2.47. The Balaban J connectivity index is 2.07. The van der Waals surface area contributed by atoms with E-state index in [1.165, 1.54) is 0 Å². The van der Waals surface area contributed by atoms with Gasteiger partial charge in [-0.2, -0.15) is 0 Å². The van der Waals surface area contributed by atoms with Crippen molar-refractivity contribution in [3.8, 4) is 0 Å². The number of fused-ring (bicyclic) bond motifs is 1. The normalized spacial score (nSPS) is 11.6. The first kappa shape index (κ1) is 15.5. The fourth-order valence-corrected chi connectivity index (χ4v) is 3.70. The number of hydrogen-bond acceptors (Lipinski definition) is 3. The van der Waals surface area contributed by atoms with E-state index in [9.17, 15) is 8.42 Å². The Bertz CT molecular complexity index is 963. The van der Waals surface area contributed by atoms with Crippen molar-refractivity contribution >= 4 is 26.6 Å². The van der Waals surface area contributed by atoms with Crippen LogP contribution in [0.5, 0.6) is 0 Å². The fraction of sp³-hybridized carbons (Fsp3) is 0.118. The summed E-state index contributed by atoms with van der Waals surface area (Å²) in [5.74, 6) is 0. The Morgan fingerprint density at radius 1 is 1.13 bits per heavy atom. The molecule has 0 fully saturated rings. The first-order chi connectivity index (χ1) is 11.0. The molecule has 3 aromatic rings. The molecule has 1 aromatic heterocycles. The maximum absolute atomic E-state index is 12.7. The molecular formula is C17H17N3O2S. The third-order valence-electron chi connectivity index (χ3n) is 3.65. The van der Waals surface area contributed by atoms with Gasteiger partial charge in [-0.25, -0.2) is 8.42 Å². The van der Waals surface area contributed by atoms with Gasteiger partial charge in [-0.1, -0.05) is 36.4 Å². The molecule has 118 valence electrons. The van der Waals surface area contributed by atoms with Gasteiger partial charge in [0.2, 0.25) is 0 Å². The predicted molar refractivity (Wildman–Crippen MR) is 89.7 cm³/mol. The van der Waals surface area contributed by atoms with Crippen LogP contribution in [0.25, 0.3) is 15.6 Å². The van der Waals surface area contributed by atoms with Crippen LogP contribution in [0.15, 0.2) is 59.6 Å². The zero-order valence-electron chi connectivity index (χ0n) is 12.7. The minimum Gasteiger partial charge on any atom is -0.571 e. The molecule has 0 bridgehead atoms. The number of nitrogens with zero attached hydrogens (tertiary/aromatic N) is 2. The van der Waals surface area contributed by atoms with E-state index >= 15 is 0 Å². The smallest absolute Gasteiger partial charge is 0.123 e. The number of hydrogen-bond donors (Lipinski definition) is 1. The Kier molecular flexibility index (Phi) is 4.02. The highest BCUT2D eigenvalue weighted by atomic mass is 32.2. The number of pyridine rings is 1. The third kappa shape index (κ3) is 3.04. The summed E-state index contributed by atoms with van der Waals surface area (Å²) in [5.41, 5.74) is 6.25. The van der Waals surface area contributed by atoms with Crippen molar-refractivity contribution in [2.24, 2.45) is 0 Å². The van der Waals surface area contributed by atoms with Crippen LogP contribution in [-0.4, -0.2) is 13.4 Å². The number of benzene rings is 2. The molecule has 5 nitrogen and oxygen atoms in total. The summed E-state index contributed by atoms with van der Waals surface area (Å²) in [7, 11) is -3.81. The Hall–Kier alpha value is -2.44. The quantitative estimate of drug-likeness (QED) is 0.799. The van der Waals surface area contributed by atoms with E-state index in [0.29, 0.717) is 23.3 Å². The van der Waals surface area contributed by atoms with Crippen LogP contribution < -0.4 is 5.73 Å². The molecular weight excluding hydrogens is 310 g/mol. The second-order valence-electron chi connectivity index (χ2n) is 5.27. The predicted octanol–water partition coefficient (Wildman–Crippen LogP) is 2.68. The van der Waals surface area contributed by atoms with Crippen LogP contribution in [-0.2, 0) is 16.6 Å². The van der Waals surface area contributed by atoms with Gasteiger partial charge in [0.05, 0.1) is 17.0 Å². The van der Waals surface area contributed by atoms with Gasteiger partial charge in [0.25, 0.3) is 0 Å². The number of rotatable bonds is 4. The van der Waals surface area contributed by atoms with Gasteiger partial charge in [-0.05, 0) is 30.0 Å². The Morgan fingerprint density at radius 3 is 2.70 bits per heavy atom. The van der Waals surface area contributed by atoms with Crippen molar-refractivity contribution in [1.29, 1.82) is 0 Å². The van der Waals surface area contributed by atoms with Gasteiger partial charge in [-0.3, -0.25) is 4.98 Å². The van der Waals surface area contributed by atoms with Crippen molar-refractivity contribution in [2.45, 2.75) is 18.4 Å². The van der Waals surface area contributed by atoms with Gasteiger partial charge in [0.1, 0.15) is 10.0 Å². The van der Waals surface area contributed by atoms with Crippen molar-refractivity contribution < 1.29 is 14.2 Å². The first-order valence-corrected chi connectivity index (χ1v) is 8.66. The summed E-state index contributed by atoms with van der Waals surface area (Å²) < 4.78 is 29.5. The van der Waals surface area contributed by atoms with Crippen LogP contribution in [0.1, 0.15) is 11.1 Å². The second-order valence-corrected chi connectivity index (χ2v) is 6.84.